The van der Waals surface area contributed by atoms with Gasteiger partial charge in [-0.05, 0) is 25.0 Å². The summed E-state index contributed by atoms with van der Waals surface area (Å²) in [6, 6.07) is 6.32. The molecule has 1 aromatic rings. The van der Waals surface area contributed by atoms with Crippen LogP contribution in [0.5, 0.6) is 5.75 Å². The molecule has 0 saturated heterocycles. The van der Waals surface area contributed by atoms with E-state index >= 15 is 0 Å². The van der Waals surface area contributed by atoms with Crippen LogP contribution < -0.4 is 15.8 Å². The number of hydrogen-bond acceptors (Lipinski definition) is 4. The lowest BCUT2D eigenvalue weighted by atomic mass is 10.1. The molecule has 1 rings (SSSR count). The molecule has 4 N–H and O–H groups in total. The van der Waals surface area contributed by atoms with Gasteiger partial charge in [-0.2, -0.15) is 0 Å². The van der Waals surface area contributed by atoms with E-state index in [-0.39, 0.29) is 12.5 Å². The van der Waals surface area contributed by atoms with E-state index in [2.05, 4.69) is 5.32 Å². The molecule has 0 bridgehead atoms. The summed E-state index contributed by atoms with van der Waals surface area (Å²) in [5, 5.41) is 11.3. The molecule has 1 amide bonds. The van der Waals surface area contributed by atoms with Gasteiger partial charge < -0.3 is 20.9 Å². The Morgan fingerprint density at radius 3 is 2.65 bits per heavy atom. The number of carbonyl (C=O) groups is 2. The Kier molecular flexibility index (Phi) is 5.99. The summed E-state index contributed by atoms with van der Waals surface area (Å²) < 4.78 is 5.24. The molecular formula is C14H20N2O4. The number of rotatable bonds is 7. The molecule has 0 aromatic heterocycles. The van der Waals surface area contributed by atoms with Crippen LogP contribution in [-0.2, 0) is 16.0 Å². The van der Waals surface area contributed by atoms with Crippen molar-refractivity contribution < 1.29 is 19.4 Å². The molecule has 0 aliphatic rings. The fraction of sp³-hybridized carbons (Fsp3) is 0.429. The molecule has 110 valence electrons. The first kappa shape index (κ1) is 16.0. The van der Waals surface area contributed by atoms with E-state index in [1.165, 1.54) is 0 Å². The first-order valence-corrected chi connectivity index (χ1v) is 6.33. The second kappa shape index (κ2) is 7.49. The van der Waals surface area contributed by atoms with Crippen molar-refractivity contribution in [3.8, 4) is 5.75 Å². The predicted molar refractivity (Wildman–Crippen MR) is 74.5 cm³/mol. The summed E-state index contributed by atoms with van der Waals surface area (Å²) in [4.78, 5) is 22.2. The highest BCUT2D eigenvalue weighted by molar-refractivity contribution is 5.86. The number of aliphatic carboxylic acids is 1. The van der Waals surface area contributed by atoms with Crippen LogP contribution in [-0.4, -0.2) is 36.2 Å². The fourth-order valence-corrected chi connectivity index (χ4v) is 1.88. The van der Waals surface area contributed by atoms with Gasteiger partial charge in [0.2, 0.25) is 5.91 Å². The van der Waals surface area contributed by atoms with Gasteiger partial charge in [0.15, 0.2) is 0 Å². The van der Waals surface area contributed by atoms with Crippen molar-refractivity contribution in [2.45, 2.75) is 31.8 Å². The summed E-state index contributed by atoms with van der Waals surface area (Å²) in [6.07, 6.45) is 0.197. The van der Waals surface area contributed by atoms with Crippen molar-refractivity contribution in [1.82, 2.24) is 5.32 Å². The Labute approximate surface area is 117 Å². The minimum Gasteiger partial charge on any atom is -0.496 e. The lowest BCUT2D eigenvalue weighted by Crippen LogP contribution is -2.46. The van der Waals surface area contributed by atoms with E-state index in [1.54, 1.807) is 7.11 Å². The van der Waals surface area contributed by atoms with Gasteiger partial charge in [-0.3, -0.25) is 9.59 Å². The number of nitrogens with one attached hydrogen (secondary N) is 1. The van der Waals surface area contributed by atoms with Crippen LogP contribution in [0.2, 0.25) is 0 Å². The Morgan fingerprint density at radius 2 is 2.05 bits per heavy atom. The van der Waals surface area contributed by atoms with Gasteiger partial charge >= 0.3 is 5.97 Å². The Hall–Kier alpha value is -2.08. The van der Waals surface area contributed by atoms with Gasteiger partial charge in [-0.1, -0.05) is 18.2 Å². The number of carbonyl (C=O) groups excluding carboxylic acids is 1. The molecule has 0 heterocycles. The number of para-hydroxylation sites is 1. The van der Waals surface area contributed by atoms with Crippen molar-refractivity contribution in [2.75, 3.05) is 7.11 Å². The number of methoxy groups -OCH3 is 1. The number of carboxylic acid groups (broad SMARTS) is 1. The van der Waals surface area contributed by atoms with E-state index in [1.807, 2.05) is 31.2 Å². The third kappa shape index (κ3) is 4.89. The standard InChI is InChI=1S/C14H20N2O4/c1-9(16-14(19)11(15)8-13(17)18)7-10-5-3-4-6-12(10)20-2/h3-6,9,11H,7-8,15H2,1-2H3,(H,16,19)(H,17,18). The summed E-state index contributed by atoms with van der Waals surface area (Å²) in [7, 11) is 1.59. The van der Waals surface area contributed by atoms with Crippen LogP contribution >= 0.6 is 0 Å². The maximum absolute atomic E-state index is 11.7. The number of carboxylic acids is 1. The largest absolute Gasteiger partial charge is 0.496 e. The molecule has 0 saturated carbocycles. The minimum absolute atomic E-state index is 0.168. The van der Waals surface area contributed by atoms with Gasteiger partial charge in [0.25, 0.3) is 0 Å². The van der Waals surface area contributed by atoms with Crippen LogP contribution in [0.4, 0.5) is 0 Å². The topological polar surface area (TPSA) is 102 Å². The van der Waals surface area contributed by atoms with Crippen molar-refractivity contribution in [2.24, 2.45) is 5.73 Å². The smallest absolute Gasteiger partial charge is 0.305 e. The summed E-state index contributed by atoms with van der Waals surface area (Å²) in [6.45, 7) is 1.83. The molecule has 6 nitrogen and oxygen atoms in total. The number of benzene rings is 1. The third-order valence-corrected chi connectivity index (χ3v) is 2.84. The molecule has 0 spiro atoms. The number of hydrogen-bond donors (Lipinski definition) is 3. The molecule has 2 unspecified atom stereocenters. The zero-order chi connectivity index (χ0) is 15.1. The molecular weight excluding hydrogens is 260 g/mol. The molecule has 0 fully saturated rings. The summed E-state index contributed by atoms with van der Waals surface area (Å²) in [5.74, 6) is -0.803. The Balaban J connectivity index is 2.57. The molecule has 0 radical (unpaired) electrons. The van der Waals surface area contributed by atoms with Crippen LogP contribution in [0.25, 0.3) is 0 Å². The third-order valence-electron chi connectivity index (χ3n) is 2.84. The second-order valence-corrected chi connectivity index (χ2v) is 4.63. The highest BCUT2D eigenvalue weighted by atomic mass is 16.5. The number of nitrogens with two attached hydrogens (primary N) is 1. The number of amides is 1. The van der Waals surface area contributed by atoms with Gasteiger partial charge in [0.05, 0.1) is 19.6 Å². The van der Waals surface area contributed by atoms with E-state index < -0.39 is 17.9 Å². The van der Waals surface area contributed by atoms with Crippen LogP contribution in [0, 0.1) is 0 Å². The first-order chi connectivity index (χ1) is 9.43. The monoisotopic (exact) mass is 280 g/mol. The molecule has 6 heteroatoms. The van der Waals surface area contributed by atoms with Crippen molar-refractivity contribution in [1.29, 1.82) is 0 Å². The molecule has 0 aliphatic heterocycles. The summed E-state index contributed by atoms with van der Waals surface area (Å²) in [5.41, 5.74) is 6.47. The molecule has 1 aromatic carbocycles. The van der Waals surface area contributed by atoms with Gasteiger partial charge in [-0.15, -0.1) is 0 Å². The molecule has 2 atom stereocenters. The number of ether oxygens (including phenoxy) is 1. The van der Waals surface area contributed by atoms with Gasteiger partial charge in [-0.25, -0.2) is 0 Å². The van der Waals surface area contributed by atoms with Crippen molar-refractivity contribution >= 4 is 11.9 Å². The van der Waals surface area contributed by atoms with E-state index in [4.69, 9.17) is 15.6 Å². The van der Waals surface area contributed by atoms with Crippen LogP contribution in [0.1, 0.15) is 18.9 Å². The fourth-order valence-electron chi connectivity index (χ4n) is 1.88. The second-order valence-electron chi connectivity index (χ2n) is 4.63. The van der Waals surface area contributed by atoms with Crippen LogP contribution in [0.3, 0.4) is 0 Å². The molecule has 0 aliphatic carbocycles. The molecule has 20 heavy (non-hydrogen) atoms. The SMILES string of the molecule is COc1ccccc1CC(C)NC(=O)C(N)CC(=O)O. The van der Waals surface area contributed by atoms with Crippen LogP contribution in [0.15, 0.2) is 24.3 Å². The van der Waals surface area contributed by atoms with Crippen molar-refractivity contribution in [3.63, 3.8) is 0 Å². The quantitative estimate of drug-likeness (QED) is 0.677. The zero-order valence-corrected chi connectivity index (χ0v) is 11.6. The highest BCUT2D eigenvalue weighted by Gasteiger charge is 2.19. The minimum atomic E-state index is -1.09. The van der Waals surface area contributed by atoms with Gasteiger partial charge in [0.1, 0.15) is 5.75 Å². The predicted octanol–water partition coefficient (Wildman–Crippen LogP) is 0.544. The first-order valence-electron chi connectivity index (χ1n) is 6.33. The Morgan fingerprint density at radius 1 is 1.40 bits per heavy atom. The zero-order valence-electron chi connectivity index (χ0n) is 11.6. The maximum Gasteiger partial charge on any atom is 0.305 e. The highest BCUT2D eigenvalue weighted by Crippen LogP contribution is 2.18. The normalized spacial score (nSPS) is 13.3. The lowest BCUT2D eigenvalue weighted by molar-refractivity contribution is -0.139. The van der Waals surface area contributed by atoms with E-state index in [0.29, 0.717) is 6.42 Å². The summed E-state index contributed by atoms with van der Waals surface area (Å²) >= 11 is 0. The van der Waals surface area contributed by atoms with E-state index in [9.17, 15) is 9.59 Å². The lowest BCUT2D eigenvalue weighted by Gasteiger charge is -2.18. The average Bonchev–Trinajstić information content (AvgIpc) is 2.38. The Bertz CT molecular complexity index is 476. The van der Waals surface area contributed by atoms with Gasteiger partial charge in [0, 0.05) is 6.04 Å². The van der Waals surface area contributed by atoms with Crippen molar-refractivity contribution in [3.05, 3.63) is 29.8 Å². The average molecular weight is 280 g/mol. The maximum atomic E-state index is 11.7. The van der Waals surface area contributed by atoms with E-state index in [0.717, 1.165) is 11.3 Å².